The van der Waals surface area contributed by atoms with Crippen molar-refractivity contribution in [3.05, 3.63) is 36.4 Å². The normalized spacial score (nSPS) is 13.5. The van der Waals surface area contributed by atoms with E-state index < -0.39 is 0 Å². The van der Waals surface area contributed by atoms with Crippen LogP contribution >= 0.6 is 0 Å². The van der Waals surface area contributed by atoms with Gasteiger partial charge in [0.05, 0.1) is 0 Å². The van der Waals surface area contributed by atoms with Gasteiger partial charge in [0.25, 0.3) is 0 Å². The predicted octanol–water partition coefficient (Wildman–Crippen LogP) is 8.29. The molecule has 0 saturated heterocycles. The monoisotopic (exact) mass is 358 g/mol. The van der Waals surface area contributed by atoms with Crippen LogP contribution in [0.5, 0.6) is 5.75 Å². The molecule has 0 fully saturated rings. The summed E-state index contributed by atoms with van der Waals surface area (Å²) in [6, 6.07) is 8.35. The van der Waals surface area contributed by atoms with Crippen LogP contribution in [-0.4, -0.2) is 5.60 Å². The summed E-state index contributed by atoms with van der Waals surface area (Å²) in [6.07, 6.45) is 9.29. The molecule has 26 heavy (non-hydrogen) atoms. The number of ether oxygens (including phenoxy) is 1. The largest absolute Gasteiger partial charge is 0.488 e. The highest BCUT2D eigenvalue weighted by molar-refractivity contribution is 5.62. The Hall–Kier alpha value is -1.24. The molecule has 0 N–H and O–H groups in total. The number of hydrogen-bond donors (Lipinski definition) is 0. The highest BCUT2D eigenvalue weighted by Crippen LogP contribution is 2.41. The van der Waals surface area contributed by atoms with Crippen molar-refractivity contribution in [3.8, 4) is 5.75 Å². The summed E-state index contributed by atoms with van der Waals surface area (Å²) in [5.41, 5.74) is 2.25. The third-order valence-corrected chi connectivity index (χ3v) is 5.44. The SMILES string of the molecule is C=C(C)c1cccc(OC(C)(C)C(CCCCCCCC)C(C)(C)C)c1. The molecule has 0 saturated carbocycles. The van der Waals surface area contributed by atoms with Crippen molar-refractivity contribution in [1.29, 1.82) is 0 Å². The maximum absolute atomic E-state index is 6.54. The Balaban J connectivity index is 2.78. The molecule has 1 rings (SSSR count). The van der Waals surface area contributed by atoms with E-state index in [2.05, 4.69) is 72.4 Å². The number of rotatable bonds is 11. The Morgan fingerprint density at radius 1 is 1.00 bits per heavy atom. The second-order valence-corrected chi connectivity index (χ2v) is 9.49. The fourth-order valence-corrected chi connectivity index (χ4v) is 4.15. The van der Waals surface area contributed by atoms with E-state index >= 15 is 0 Å². The minimum absolute atomic E-state index is 0.199. The van der Waals surface area contributed by atoms with Crippen LogP contribution in [0.3, 0.4) is 0 Å². The van der Waals surface area contributed by atoms with Crippen molar-refractivity contribution >= 4 is 5.57 Å². The van der Waals surface area contributed by atoms with Gasteiger partial charge in [-0.3, -0.25) is 0 Å². The first kappa shape index (κ1) is 22.8. The summed E-state index contributed by atoms with van der Waals surface area (Å²) >= 11 is 0. The van der Waals surface area contributed by atoms with Gasteiger partial charge in [0.15, 0.2) is 0 Å². The standard InChI is InChI=1S/C25H42O/c1-9-10-11-12-13-14-18-23(24(4,5)6)25(7,8)26-22-17-15-16-21(19-22)20(2)3/h15-17,19,23H,2,9-14,18H2,1,3-8H3. The molecule has 1 heteroatoms. The second kappa shape index (κ2) is 10.2. The third kappa shape index (κ3) is 7.56. The molecular formula is C25H42O. The highest BCUT2D eigenvalue weighted by atomic mass is 16.5. The van der Waals surface area contributed by atoms with Crippen LogP contribution in [0.4, 0.5) is 0 Å². The van der Waals surface area contributed by atoms with E-state index in [-0.39, 0.29) is 11.0 Å². The molecule has 0 aromatic heterocycles. The maximum Gasteiger partial charge on any atom is 0.120 e. The lowest BCUT2D eigenvalue weighted by molar-refractivity contribution is -0.0168. The summed E-state index contributed by atoms with van der Waals surface area (Å²) < 4.78 is 6.54. The molecule has 1 unspecified atom stereocenters. The first-order valence-corrected chi connectivity index (χ1v) is 10.5. The van der Waals surface area contributed by atoms with Gasteiger partial charge < -0.3 is 4.74 Å². The fourth-order valence-electron chi connectivity index (χ4n) is 4.15. The minimum Gasteiger partial charge on any atom is -0.488 e. The molecule has 0 aliphatic rings. The van der Waals surface area contributed by atoms with Gasteiger partial charge in [-0.1, -0.05) is 90.5 Å². The molecular weight excluding hydrogens is 316 g/mol. The van der Waals surface area contributed by atoms with Crippen LogP contribution in [0.1, 0.15) is 99.0 Å². The average Bonchev–Trinajstić information content (AvgIpc) is 2.52. The van der Waals surface area contributed by atoms with E-state index in [9.17, 15) is 0 Å². The zero-order valence-corrected chi connectivity index (χ0v) is 18.5. The lowest BCUT2D eigenvalue weighted by atomic mass is 9.69. The molecule has 0 amide bonds. The molecule has 0 bridgehead atoms. The third-order valence-electron chi connectivity index (χ3n) is 5.44. The van der Waals surface area contributed by atoms with Crippen molar-refractivity contribution in [2.75, 3.05) is 0 Å². The summed E-state index contributed by atoms with van der Waals surface area (Å²) in [5, 5.41) is 0. The van der Waals surface area contributed by atoms with Gasteiger partial charge >= 0.3 is 0 Å². The van der Waals surface area contributed by atoms with Gasteiger partial charge in [-0.2, -0.15) is 0 Å². The fraction of sp³-hybridized carbons (Fsp3) is 0.680. The average molecular weight is 359 g/mol. The topological polar surface area (TPSA) is 9.23 Å². The molecule has 1 aromatic rings. The van der Waals surface area contributed by atoms with Gasteiger partial charge in [-0.05, 0) is 50.3 Å². The van der Waals surface area contributed by atoms with Gasteiger partial charge in [-0.15, -0.1) is 0 Å². The molecule has 1 aromatic carbocycles. The highest BCUT2D eigenvalue weighted by Gasteiger charge is 2.39. The van der Waals surface area contributed by atoms with Crippen LogP contribution in [0.15, 0.2) is 30.8 Å². The Morgan fingerprint density at radius 3 is 2.19 bits per heavy atom. The van der Waals surface area contributed by atoms with Crippen LogP contribution in [0.25, 0.3) is 5.57 Å². The molecule has 0 aliphatic carbocycles. The van der Waals surface area contributed by atoms with E-state index in [1.54, 1.807) is 0 Å². The molecule has 0 heterocycles. The Labute approximate surface area is 163 Å². The minimum atomic E-state index is -0.199. The maximum atomic E-state index is 6.54. The van der Waals surface area contributed by atoms with Gasteiger partial charge in [0.1, 0.15) is 11.4 Å². The van der Waals surface area contributed by atoms with E-state index in [1.807, 2.05) is 6.92 Å². The predicted molar refractivity (Wildman–Crippen MR) is 117 cm³/mol. The molecule has 1 nitrogen and oxygen atoms in total. The molecule has 0 aliphatic heterocycles. The number of hydrogen-bond acceptors (Lipinski definition) is 1. The van der Waals surface area contributed by atoms with Crippen molar-refractivity contribution in [2.45, 2.75) is 99.0 Å². The van der Waals surface area contributed by atoms with Crippen molar-refractivity contribution < 1.29 is 4.74 Å². The summed E-state index contributed by atoms with van der Waals surface area (Å²) in [4.78, 5) is 0. The lowest BCUT2D eigenvalue weighted by Gasteiger charge is -2.43. The van der Waals surface area contributed by atoms with E-state index in [1.165, 1.54) is 44.9 Å². The van der Waals surface area contributed by atoms with Crippen molar-refractivity contribution in [3.63, 3.8) is 0 Å². The quantitative estimate of drug-likeness (QED) is 0.361. The molecule has 0 radical (unpaired) electrons. The molecule has 0 spiro atoms. The van der Waals surface area contributed by atoms with Crippen molar-refractivity contribution in [2.24, 2.45) is 11.3 Å². The first-order chi connectivity index (χ1) is 12.1. The van der Waals surface area contributed by atoms with Gasteiger partial charge in [-0.25, -0.2) is 0 Å². The zero-order valence-electron chi connectivity index (χ0n) is 18.5. The summed E-state index contributed by atoms with van der Waals surface area (Å²) in [7, 11) is 0. The van der Waals surface area contributed by atoms with Gasteiger partial charge in [0, 0.05) is 5.92 Å². The van der Waals surface area contributed by atoms with E-state index in [0.717, 1.165) is 16.9 Å². The van der Waals surface area contributed by atoms with E-state index in [4.69, 9.17) is 4.74 Å². The Bertz CT molecular complexity index is 548. The number of benzene rings is 1. The van der Waals surface area contributed by atoms with Crippen LogP contribution in [0.2, 0.25) is 0 Å². The molecule has 1 atom stereocenters. The first-order valence-electron chi connectivity index (χ1n) is 10.5. The van der Waals surface area contributed by atoms with Crippen LogP contribution in [-0.2, 0) is 0 Å². The Kier molecular flexibility index (Phi) is 8.93. The number of unbranched alkanes of at least 4 members (excludes halogenated alkanes) is 5. The smallest absolute Gasteiger partial charge is 0.120 e. The second-order valence-electron chi connectivity index (χ2n) is 9.49. The Morgan fingerprint density at radius 2 is 1.62 bits per heavy atom. The van der Waals surface area contributed by atoms with Crippen LogP contribution < -0.4 is 4.74 Å². The summed E-state index contributed by atoms with van der Waals surface area (Å²) in [5.74, 6) is 1.46. The summed E-state index contributed by atoms with van der Waals surface area (Å²) in [6.45, 7) is 19.9. The van der Waals surface area contributed by atoms with E-state index in [0.29, 0.717) is 5.92 Å². The zero-order chi connectivity index (χ0) is 19.8. The molecule has 148 valence electrons. The lowest BCUT2D eigenvalue weighted by Crippen LogP contribution is -2.44. The van der Waals surface area contributed by atoms with Crippen LogP contribution in [0, 0.1) is 11.3 Å². The van der Waals surface area contributed by atoms with Gasteiger partial charge in [0.2, 0.25) is 0 Å². The number of allylic oxidation sites excluding steroid dienone is 1. The van der Waals surface area contributed by atoms with Crippen molar-refractivity contribution in [1.82, 2.24) is 0 Å².